The van der Waals surface area contributed by atoms with Crippen LogP contribution in [0.2, 0.25) is 0 Å². The molecule has 0 aliphatic carbocycles. The van der Waals surface area contributed by atoms with Crippen molar-refractivity contribution in [3.05, 3.63) is 40.3 Å². The number of hydrogen-bond acceptors (Lipinski definition) is 5. The monoisotopic (exact) mass is 529 g/mol. The Bertz CT molecular complexity index is 782. The molecular formula is C21H32IN5OS. The number of anilines is 1. The van der Waals surface area contributed by atoms with E-state index in [0.29, 0.717) is 5.92 Å². The van der Waals surface area contributed by atoms with Gasteiger partial charge >= 0.3 is 0 Å². The molecule has 1 unspecified atom stereocenters. The molecule has 1 aromatic carbocycles. The highest BCUT2D eigenvalue weighted by Crippen LogP contribution is 2.26. The van der Waals surface area contributed by atoms with Crippen LogP contribution in [0.4, 0.5) is 5.69 Å². The van der Waals surface area contributed by atoms with E-state index in [4.69, 9.17) is 9.73 Å². The number of hydrogen-bond donors (Lipinski definition) is 2. The van der Waals surface area contributed by atoms with Gasteiger partial charge in [0.1, 0.15) is 5.75 Å². The average molecular weight is 529 g/mol. The Morgan fingerprint density at radius 3 is 2.97 bits per heavy atom. The Kier molecular flexibility index (Phi) is 9.99. The molecule has 1 aliphatic heterocycles. The Morgan fingerprint density at radius 2 is 2.24 bits per heavy atom. The lowest BCUT2D eigenvalue weighted by Crippen LogP contribution is -2.38. The van der Waals surface area contributed by atoms with Crippen molar-refractivity contribution in [3.8, 4) is 5.75 Å². The van der Waals surface area contributed by atoms with E-state index in [1.807, 2.05) is 12.3 Å². The number of aryl methyl sites for hydroxylation is 1. The average Bonchev–Trinajstić information content (AvgIpc) is 3.35. The molecule has 1 atom stereocenters. The van der Waals surface area contributed by atoms with Crippen molar-refractivity contribution in [1.29, 1.82) is 0 Å². The maximum Gasteiger partial charge on any atom is 0.191 e. The van der Waals surface area contributed by atoms with Crippen molar-refractivity contribution in [2.45, 2.75) is 26.7 Å². The first-order chi connectivity index (χ1) is 13.7. The first kappa shape index (κ1) is 23.7. The number of methoxy groups -OCH3 is 1. The molecular weight excluding hydrogens is 497 g/mol. The van der Waals surface area contributed by atoms with Crippen molar-refractivity contribution in [3.63, 3.8) is 0 Å². The summed E-state index contributed by atoms with van der Waals surface area (Å²) in [6.45, 7) is 8.85. The van der Waals surface area contributed by atoms with Crippen LogP contribution in [0.5, 0.6) is 5.75 Å². The number of rotatable bonds is 8. The van der Waals surface area contributed by atoms with E-state index in [0.717, 1.165) is 50.9 Å². The van der Waals surface area contributed by atoms with E-state index in [-0.39, 0.29) is 24.0 Å². The highest BCUT2D eigenvalue weighted by molar-refractivity contribution is 14.0. The van der Waals surface area contributed by atoms with Gasteiger partial charge in [-0.3, -0.25) is 4.99 Å². The first-order valence-electron chi connectivity index (χ1n) is 10.0. The molecule has 1 fully saturated rings. The number of halogens is 1. The zero-order valence-corrected chi connectivity index (χ0v) is 20.6. The van der Waals surface area contributed by atoms with Crippen LogP contribution in [0, 0.1) is 12.8 Å². The number of ether oxygens (including phenoxy) is 1. The molecule has 160 valence electrons. The predicted molar refractivity (Wildman–Crippen MR) is 133 cm³/mol. The zero-order chi connectivity index (χ0) is 19.8. The number of benzene rings is 1. The maximum atomic E-state index is 5.35. The van der Waals surface area contributed by atoms with Gasteiger partial charge in [-0.1, -0.05) is 6.07 Å². The summed E-state index contributed by atoms with van der Waals surface area (Å²) in [7, 11) is 1.71. The third kappa shape index (κ3) is 7.33. The van der Waals surface area contributed by atoms with Crippen LogP contribution in [0.15, 0.2) is 35.5 Å². The molecule has 2 heterocycles. The second-order valence-corrected chi connectivity index (χ2v) is 8.38. The third-order valence-corrected chi connectivity index (χ3v) is 5.83. The van der Waals surface area contributed by atoms with Gasteiger partial charge in [-0.2, -0.15) is 0 Å². The molecule has 0 amide bonds. The number of aromatic nitrogens is 1. The fraction of sp³-hybridized carbons (Fsp3) is 0.524. The van der Waals surface area contributed by atoms with Crippen LogP contribution in [0.25, 0.3) is 0 Å². The molecule has 2 aromatic rings. The summed E-state index contributed by atoms with van der Waals surface area (Å²) in [5, 5.41) is 7.96. The molecule has 1 aliphatic rings. The van der Waals surface area contributed by atoms with Crippen molar-refractivity contribution in [1.82, 2.24) is 15.6 Å². The SMILES string of the molecule is CCNC(=NCC1CCN(c2cccc(OC)c2)C1)NCCc1ncc(C)s1.I. The standard InChI is InChI=1S/C21H31N5OS.HI/c1-4-22-21(23-10-8-20-24-13-16(2)28-20)25-14-17-9-11-26(15-17)18-6-5-7-19(12-18)27-3;/h5-7,12-13,17H,4,8-11,14-15H2,1-3H3,(H2,22,23,25);1H. The normalized spacial score (nSPS) is 16.4. The Labute approximate surface area is 195 Å². The maximum absolute atomic E-state index is 5.35. The Hall–Kier alpha value is -1.55. The predicted octanol–water partition coefficient (Wildman–Crippen LogP) is 3.70. The molecule has 29 heavy (non-hydrogen) atoms. The molecule has 0 saturated carbocycles. The summed E-state index contributed by atoms with van der Waals surface area (Å²) in [5.41, 5.74) is 1.23. The van der Waals surface area contributed by atoms with Gasteiger partial charge in [0.25, 0.3) is 0 Å². The van der Waals surface area contributed by atoms with Crippen LogP contribution in [-0.2, 0) is 6.42 Å². The number of aliphatic imine (C=N–C) groups is 1. The van der Waals surface area contributed by atoms with Crippen LogP contribution in [-0.4, -0.2) is 50.8 Å². The summed E-state index contributed by atoms with van der Waals surface area (Å²) in [4.78, 5) is 12.9. The summed E-state index contributed by atoms with van der Waals surface area (Å²) in [5.74, 6) is 2.38. The summed E-state index contributed by atoms with van der Waals surface area (Å²) in [6, 6.07) is 8.30. The largest absolute Gasteiger partial charge is 0.497 e. The molecule has 0 bridgehead atoms. The second kappa shape index (κ2) is 12.2. The zero-order valence-electron chi connectivity index (χ0n) is 17.5. The van der Waals surface area contributed by atoms with Gasteiger partial charge in [-0.05, 0) is 38.3 Å². The number of thiazole rings is 1. The summed E-state index contributed by atoms with van der Waals surface area (Å²) in [6.07, 6.45) is 4.03. The lowest BCUT2D eigenvalue weighted by molar-refractivity contribution is 0.415. The van der Waals surface area contributed by atoms with Crippen LogP contribution in [0.1, 0.15) is 23.2 Å². The van der Waals surface area contributed by atoms with Gasteiger partial charge in [0.15, 0.2) is 5.96 Å². The number of nitrogens with one attached hydrogen (secondary N) is 2. The fourth-order valence-electron chi connectivity index (χ4n) is 3.39. The van der Waals surface area contributed by atoms with Crippen LogP contribution < -0.4 is 20.3 Å². The minimum atomic E-state index is 0. The molecule has 3 rings (SSSR count). The van der Waals surface area contributed by atoms with E-state index in [2.05, 4.69) is 52.6 Å². The minimum Gasteiger partial charge on any atom is -0.497 e. The van der Waals surface area contributed by atoms with E-state index in [1.165, 1.54) is 22.0 Å². The molecule has 1 saturated heterocycles. The third-order valence-electron chi connectivity index (χ3n) is 4.86. The van der Waals surface area contributed by atoms with Crippen molar-refractivity contribution >= 4 is 47.0 Å². The van der Waals surface area contributed by atoms with Gasteiger partial charge in [0.2, 0.25) is 0 Å². The number of nitrogens with zero attached hydrogens (tertiary/aromatic N) is 3. The van der Waals surface area contributed by atoms with E-state index in [9.17, 15) is 0 Å². The molecule has 0 radical (unpaired) electrons. The minimum absolute atomic E-state index is 0. The highest BCUT2D eigenvalue weighted by Gasteiger charge is 2.22. The van der Waals surface area contributed by atoms with Gasteiger partial charge in [0.05, 0.1) is 12.1 Å². The molecule has 8 heteroatoms. The van der Waals surface area contributed by atoms with E-state index in [1.54, 1.807) is 18.4 Å². The Balaban J connectivity index is 0.00000300. The van der Waals surface area contributed by atoms with Crippen molar-refractivity contribution < 1.29 is 4.74 Å². The van der Waals surface area contributed by atoms with Crippen molar-refractivity contribution in [2.75, 3.05) is 44.7 Å². The quantitative estimate of drug-likeness (QED) is 0.310. The second-order valence-electron chi connectivity index (χ2n) is 7.06. The first-order valence-corrected chi connectivity index (χ1v) is 10.8. The number of guanidine groups is 1. The molecule has 0 spiro atoms. The van der Waals surface area contributed by atoms with E-state index >= 15 is 0 Å². The van der Waals surface area contributed by atoms with Crippen molar-refractivity contribution in [2.24, 2.45) is 10.9 Å². The summed E-state index contributed by atoms with van der Waals surface area (Å²) < 4.78 is 5.35. The Morgan fingerprint density at radius 1 is 1.38 bits per heavy atom. The molecule has 1 aromatic heterocycles. The highest BCUT2D eigenvalue weighted by atomic mass is 127. The molecule has 6 nitrogen and oxygen atoms in total. The molecule has 2 N–H and O–H groups in total. The van der Waals surface area contributed by atoms with E-state index < -0.39 is 0 Å². The van der Waals surface area contributed by atoms with Crippen LogP contribution in [0.3, 0.4) is 0 Å². The van der Waals surface area contributed by atoms with Gasteiger partial charge < -0.3 is 20.3 Å². The van der Waals surface area contributed by atoms with Crippen LogP contribution >= 0.6 is 35.3 Å². The topological polar surface area (TPSA) is 61.8 Å². The lowest BCUT2D eigenvalue weighted by Gasteiger charge is -2.19. The lowest BCUT2D eigenvalue weighted by atomic mass is 10.1. The summed E-state index contributed by atoms with van der Waals surface area (Å²) >= 11 is 1.76. The van der Waals surface area contributed by atoms with Gasteiger partial charge in [-0.25, -0.2) is 4.98 Å². The van der Waals surface area contributed by atoms with Gasteiger partial charge in [-0.15, -0.1) is 35.3 Å². The fourth-order valence-corrected chi connectivity index (χ4v) is 4.18. The van der Waals surface area contributed by atoms with Gasteiger partial charge in [0, 0.05) is 62.0 Å². The smallest absolute Gasteiger partial charge is 0.191 e.